The number of hydrogen-bond acceptors (Lipinski definition) is 2. The van der Waals surface area contributed by atoms with E-state index < -0.39 is 10.1 Å². The van der Waals surface area contributed by atoms with Crippen LogP contribution in [0, 0.1) is 0 Å². The molecule has 0 saturated carbocycles. The fourth-order valence-corrected chi connectivity index (χ4v) is 3.82. The van der Waals surface area contributed by atoms with Crippen molar-refractivity contribution in [1.82, 2.24) is 0 Å². The molecule has 0 saturated heterocycles. The van der Waals surface area contributed by atoms with Gasteiger partial charge in [-0.15, -0.1) is 0 Å². The quantitative estimate of drug-likeness (QED) is 0.306. The largest absolute Gasteiger partial charge is 0.286 e. The topological polar surface area (TPSA) is 54.4 Å². The number of hydrogen-bond donors (Lipinski definition) is 1. The highest BCUT2D eigenvalue weighted by Crippen LogP contribution is 2.42. The Morgan fingerprint density at radius 3 is 2.00 bits per heavy atom. The first kappa shape index (κ1) is 19.1. The third kappa shape index (κ3) is 8.96. The zero-order chi connectivity index (χ0) is 15.8. The minimum absolute atomic E-state index is 0.118. The van der Waals surface area contributed by atoms with E-state index in [-0.39, 0.29) is 8.99 Å². The Hall–Kier alpha value is 0.0900. The van der Waals surface area contributed by atoms with E-state index in [1.54, 1.807) is 0 Å². The van der Waals surface area contributed by atoms with Crippen LogP contribution in [0.1, 0.15) is 50.5 Å². The van der Waals surface area contributed by atoms with Gasteiger partial charge in [-0.25, -0.2) is 0 Å². The maximum absolute atomic E-state index is 10.6. The van der Waals surface area contributed by atoms with Gasteiger partial charge in [0, 0.05) is 0 Å². The van der Waals surface area contributed by atoms with Gasteiger partial charge in [-0.2, -0.15) is 8.42 Å². The van der Waals surface area contributed by atoms with Crippen LogP contribution in [0.3, 0.4) is 0 Å². The van der Waals surface area contributed by atoms with E-state index in [0.717, 1.165) is 38.5 Å². The lowest BCUT2D eigenvalue weighted by Crippen LogP contribution is -2.08. The molecule has 6 heteroatoms. The van der Waals surface area contributed by atoms with Gasteiger partial charge < -0.3 is 0 Å². The second-order valence-corrected chi connectivity index (χ2v) is 10.6. The van der Waals surface area contributed by atoms with Gasteiger partial charge >= 0.3 is 0 Å². The average Bonchev–Trinajstić information content (AvgIpc) is 2.41. The second-order valence-electron chi connectivity index (χ2n) is 5.23. The molecule has 0 aliphatic heterocycles. The summed E-state index contributed by atoms with van der Waals surface area (Å²) in [5.74, 6) is -0.118. The van der Waals surface area contributed by atoms with Gasteiger partial charge in [0.1, 0.15) is 3.23 Å². The molecule has 21 heavy (non-hydrogen) atoms. The lowest BCUT2D eigenvalue weighted by Gasteiger charge is -2.20. The maximum Gasteiger partial charge on any atom is 0.264 e. The second kappa shape index (κ2) is 9.28. The predicted octanol–water partition coefficient (Wildman–Crippen LogP) is 5.25. The van der Waals surface area contributed by atoms with E-state index >= 15 is 0 Å². The van der Waals surface area contributed by atoms with Crippen LogP contribution in [-0.4, -0.2) is 18.7 Å². The van der Waals surface area contributed by atoms with Crippen LogP contribution in [0.15, 0.2) is 30.3 Å². The van der Waals surface area contributed by atoms with Crippen LogP contribution in [0.5, 0.6) is 0 Å². The molecule has 0 bridgehead atoms. The highest BCUT2D eigenvalue weighted by atomic mass is 79.9. The number of benzene rings is 1. The molecule has 1 rings (SSSR count). The highest BCUT2D eigenvalue weighted by molar-refractivity contribution is 9.24. The SMILES string of the molecule is O=S(=O)(O)CCCCCCCCC(Br)(Br)c1ccccc1. The molecule has 0 aliphatic carbocycles. The van der Waals surface area contributed by atoms with Crippen molar-refractivity contribution >= 4 is 42.0 Å². The predicted molar refractivity (Wildman–Crippen MR) is 94.7 cm³/mol. The number of unbranched alkanes of at least 4 members (excludes halogenated alkanes) is 5. The summed E-state index contributed by atoms with van der Waals surface area (Å²) in [4.78, 5) is 0. The fourth-order valence-electron chi connectivity index (χ4n) is 2.16. The van der Waals surface area contributed by atoms with Crippen LogP contribution in [0.2, 0.25) is 0 Å². The molecule has 0 aliphatic rings. The Morgan fingerprint density at radius 2 is 1.43 bits per heavy atom. The lowest BCUT2D eigenvalue weighted by molar-refractivity contribution is 0.478. The Bertz CT molecular complexity index is 501. The normalized spacial score (nSPS) is 12.5. The number of halogens is 2. The molecular formula is C15H22Br2O3S. The van der Waals surface area contributed by atoms with Crippen molar-refractivity contribution in [1.29, 1.82) is 0 Å². The van der Waals surface area contributed by atoms with E-state index in [4.69, 9.17) is 4.55 Å². The van der Waals surface area contributed by atoms with E-state index in [9.17, 15) is 8.42 Å². The minimum Gasteiger partial charge on any atom is -0.286 e. The molecule has 0 aromatic heterocycles. The fraction of sp³-hybridized carbons (Fsp3) is 0.600. The monoisotopic (exact) mass is 440 g/mol. The molecule has 0 fully saturated rings. The molecule has 1 N–H and O–H groups in total. The van der Waals surface area contributed by atoms with Crippen molar-refractivity contribution in [2.45, 2.75) is 48.2 Å². The van der Waals surface area contributed by atoms with Crippen molar-refractivity contribution < 1.29 is 13.0 Å². The summed E-state index contributed by atoms with van der Waals surface area (Å²) >= 11 is 7.46. The highest BCUT2D eigenvalue weighted by Gasteiger charge is 2.23. The summed E-state index contributed by atoms with van der Waals surface area (Å²) in [5, 5.41) is 0. The van der Waals surface area contributed by atoms with Crippen molar-refractivity contribution in [3.8, 4) is 0 Å². The van der Waals surface area contributed by atoms with Crippen molar-refractivity contribution in [2.75, 3.05) is 5.75 Å². The van der Waals surface area contributed by atoms with Gasteiger partial charge in [0.05, 0.1) is 5.75 Å². The van der Waals surface area contributed by atoms with E-state index in [2.05, 4.69) is 44.0 Å². The average molecular weight is 442 g/mol. The minimum atomic E-state index is -3.78. The van der Waals surface area contributed by atoms with Gasteiger partial charge in [0.15, 0.2) is 0 Å². The summed E-state index contributed by atoms with van der Waals surface area (Å²) in [6.45, 7) is 0. The Balaban J connectivity index is 2.11. The van der Waals surface area contributed by atoms with Gasteiger partial charge in [0.25, 0.3) is 10.1 Å². The summed E-state index contributed by atoms with van der Waals surface area (Å²) in [7, 11) is -3.78. The van der Waals surface area contributed by atoms with Gasteiger partial charge in [-0.05, 0) is 18.4 Å². The van der Waals surface area contributed by atoms with Gasteiger partial charge in [-0.3, -0.25) is 4.55 Å². The Labute approximate surface area is 144 Å². The molecule has 0 atom stereocenters. The van der Waals surface area contributed by atoms with Gasteiger partial charge in [0.2, 0.25) is 0 Å². The third-order valence-electron chi connectivity index (χ3n) is 3.34. The molecule has 0 radical (unpaired) electrons. The molecule has 0 unspecified atom stereocenters. The molecule has 120 valence electrons. The first-order valence-corrected chi connectivity index (χ1v) is 10.4. The molecule has 0 heterocycles. The third-order valence-corrected chi connectivity index (χ3v) is 5.85. The Morgan fingerprint density at radius 1 is 0.905 bits per heavy atom. The Kier molecular flexibility index (Phi) is 8.46. The van der Waals surface area contributed by atoms with Crippen LogP contribution < -0.4 is 0 Å². The van der Waals surface area contributed by atoms with Crippen molar-refractivity contribution in [2.24, 2.45) is 0 Å². The first-order valence-electron chi connectivity index (χ1n) is 7.20. The molecule has 3 nitrogen and oxygen atoms in total. The zero-order valence-corrected chi connectivity index (χ0v) is 16.0. The van der Waals surface area contributed by atoms with E-state index in [1.165, 1.54) is 5.56 Å². The van der Waals surface area contributed by atoms with Crippen LogP contribution >= 0.6 is 31.9 Å². The summed E-state index contributed by atoms with van der Waals surface area (Å²) < 4.78 is 29.6. The van der Waals surface area contributed by atoms with Crippen molar-refractivity contribution in [3.63, 3.8) is 0 Å². The maximum atomic E-state index is 10.6. The van der Waals surface area contributed by atoms with Gasteiger partial charge in [-0.1, -0.05) is 94.3 Å². The standard InChI is InChI=1S/C15H22Br2O3S/c16-15(17,14-10-6-5-7-11-14)12-8-3-1-2-4-9-13-21(18,19)20/h5-7,10-11H,1-4,8-9,12-13H2,(H,18,19,20). The number of alkyl halides is 2. The lowest BCUT2D eigenvalue weighted by atomic mass is 10.0. The summed E-state index contributed by atoms with van der Waals surface area (Å²) in [6.07, 6.45) is 6.73. The van der Waals surface area contributed by atoms with E-state index in [0.29, 0.717) is 6.42 Å². The smallest absolute Gasteiger partial charge is 0.264 e. The van der Waals surface area contributed by atoms with Crippen LogP contribution in [0.25, 0.3) is 0 Å². The zero-order valence-electron chi connectivity index (χ0n) is 12.0. The molecule has 1 aromatic carbocycles. The van der Waals surface area contributed by atoms with Crippen LogP contribution in [-0.2, 0) is 13.4 Å². The van der Waals surface area contributed by atoms with E-state index in [1.807, 2.05) is 18.2 Å². The molecule has 0 spiro atoms. The number of rotatable bonds is 10. The van der Waals surface area contributed by atoms with Crippen molar-refractivity contribution in [3.05, 3.63) is 35.9 Å². The molecule has 1 aromatic rings. The molecular weight excluding hydrogens is 420 g/mol. The summed E-state index contributed by atoms with van der Waals surface area (Å²) in [5.41, 5.74) is 1.22. The van der Waals surface area contributed by atoms with Crippen LogP contribution in [0.4, 0.5) is 0 Å². The summed E-state index contributed by atoms with van der Waals surface area (Å²) in [6, 6.07) is 10.3. The molecule has 0 amide bonds. The first-order chi connectivity index (χ1) is 9.81.